The van der Waals surface area contributed by atoms with Crippen LogP contribution in [0.2, 0.25) is 0 Å². The van der Waals surface area contributed by atoms with E-state index in [2.05, 4.69) is 11.8 Å². The Morgan fingerprint density at radius 1 is 1.18 bits per heavy atom. The Kier molecular flexibility index (Phi) is 4.10. The number of sulfone groups is 1. The van der Waals surface area contributed by atoms with E-state index in [0.717, 1.165) is 19.4 Å². The van der Waals surface area contributed by atoms with E-state index in [1.807, 2.05) is 0 Å². The van der Waals surface area contributed by atoms with Crippen molar-refractivity contribution in [3.05, 3.63) is 0 Å². The van der Waals surface area contributed by atoms with Gasteiger partial charge in [0.1, 0.15) is 0 Å². The summed E-state index contributed by atoms with van der Waals surface area (Å²) in [5.74, 6) is 0.0827. The zero-order valence-electron chi connectivity index (χ0n) is 10.5. The molecule has 5 heteroatoms. The maximum absolute atomic E-state index is 11.6. The zero-order valence-corrected chi connectivity index (χ0v) is 11.3. The summed E-state index contributed by atoms with van der Waals surface area (Å²) in [6.45, 7) is 2.90. The van der Waals surface area contributed by atoms with Crippen LogP contribution in [-0.4, -0.2) is 54.7 Å². The molecule has 2 aliphatic rings. The van der Waals surface area contributed by atoms with Gasteiger partial charge in [0.15, 0.2) is 9.84 Å². The molecule has 1 saturated carbocycles. The molecule has 0 aromatic rings. The van der Waals surface area contributed by atoms with Gasteiger partial charge >= 0.3 is 0 Å². The first-order valence-corrected chi connectivity index (χ1v) is 8.50. The quantitative estimate of drug-likeness (QED) is 0.816. The number of aliphatic hydroxyl groups excluding tert-OH is 1. The lowest BCUT2D eigenvalue weighted by Crippen LogP contribution is -2.49. The van der Waals surface area contributed by atoms with Crippen LogP contribution in [-0.2, 0) is 9.84 Å². The van der Waals surface area contributed by atoms with Gasteiger partial charge in [0.25, 0.3) is 0 Å². The third kappa shape index (κ3) is 3.01. The van der Waals surface area contributed by atoms with Crippen molar-refractivity contribution in [1.29, 1.82) is 0 Å². The maximum Gasteiger partial charge on any atom is 0.154 e. The van der Waals surface area contributed by atoms with Gasteiger partial charge in [-0.15, -0.1) is 0 Å². The third-order valence-corrected chi connectivity index (χ3v) is 5.83. The van der Waals surface area contributed by atoms with Gasteiger partial charge in [-0.25, -0.2) is 8.42 Å². The van der Waals surface area contributed by atoms with E-state index >= 15 is 0 Å². The molecule has 1 heterocycles. The van der Waals surface area contributed by atoms with Crippen molar-refractivity contribution in [3.63, 3.8) is 0 Å². The highest BCUT2D eigenvalue weighted by molar-refractivity contribution is 7.91. The van der Waals surface area contributed by atoms with E-state index in [1.165, 1.54) is 19.3 Å². The highest BCUT2D eigenvalue weighted by Gasteiger charge is 2.41. The normalized spacial score (nSPS) is 34.3. The summed E-state index contributed by atoms with van der Waals surface area (Å²) in [4.78, 5) is 2.23. The molecule has 0 aromatic carbocycles. The van der Waals surface area contributed by atoms with Crippen molar-refractivity contribution in [2.75, 3.05) is 18.1 Å². The summed E-state index contributed by atoms with van der Waals surface area (Å²) in [6.07, 6.45) is 5.36. The summed E-state index contributed by atoms with van der Waals surface area (Å²) in [7, 11) is -3.03. The van der Waals surface area contributed by atoms with Gasteiger partial charge in [0.05, 0.1) is 23.7 Å². The lowest BCUT2D eigenvalue weighted by atomic mass is 9.93. The fourth-order valence-electron chi connectivity index (χ4n) is 3.30. The van der Waals surface area contributed by atoms with Gasteiger partial charge < -0.3 is 5.11 Å². The van der Waals surface area contributed by atoms with Crippen molar-refractivity contribution in [1.82, 2.24) is 4.90 Å². The summed E-state index contributed by atoms with van der Waals surface area (Å²) in [5, 5.41) is 9.94. The van der Waals surface area contributed by atoms with Crippen molar-refractivity contribution >= 4 is 9.84 Å². The first kappa shape index (κ1) is 13.3. The van der Waals surface area contributed by atoms with E-state index in [0.29, 0.717) is 6.04 Å². The van der Waals surface area contributed by atoms with Gasteiger partial charge in [-0.3, -0.25) is 4.90 Å². The topological polar surface area (TPSA) is 57.6 Å². The summed E-state index contributed by atoms with van der Waals surface area (Å²) in [6, 6.07) is 0.301. The van der Waals surface area contributed by atoms with E-state index in [9.17, 15) is 13.5 Å². The minimum absolute atomic E-state index is 0.0547. The molecule has 0 bridgehead atoms. The van der Waals surface area contributed by atoms with Crippen LogP contribution in [0.3, 0.4) is 0 Å². The monoisotopic (exact) mass is 261 g/mol. The zero-order chi connectivity index (χ0) is 12.5. The van der Waals surface area contributed by atoms with E-state index in [4.69, 9.17) is 0 Å². The molecule has 0 spiro atoms. The minimum atomic E-state index is -3.03. The van der Waals surface area contributed by atoms with Crippen LogP contribution in [0, 0.1) is 0 Å². The standard InChI is InChI=1S/C12H23NO3S/c1-2-13(10-6-4-3-5-7-10)11-8-17(15,16)9-12(11)14/h10-12,14H,2-9H2,1H3. The van der Waals surface area contributed by atoms with Crippen LogP contribution in [0.5, 0.6) is 0 Å². The Labute approximate surface area is 104 Å². The first-order valence-electron chi connectivity index (χ1n) is 6.67. The smallest absolute Gasteiger partial charge is 0.154 e. The number of likely N-dealkylation sites (N-methyl/N-ethyl adjacent to an activating group) is 1. The largest absolute Gasteiger partial charge is 0.390 e. The van der Waals surface area contributed by atoms with E-state index in [-0.39, 0.29) is 17.5 Å². The molecule has 1 N–H and O–H groups in total. The second kappa shape index (κ2) is 5.24. The highest BCUT2D eigenvalue weighted by atomic mass is 32.2. The predicted octanol–water partition coefficient (Wildman–Crippen LogP) is 0.799. The summed E-state index contributed by atoms with van der Waals surface area (Å²) >= 11 is 0. The van der Waals surface area contributed by atoms with E-state index in [1.54, 1.807) is 0 Å². The van der Waals surface area contributed by atoms with Crippen molar-refractivity contribution in [2.24, 2.45) is 0 Å². The summed E-state index contributed by atoms with van der Waals surface area (Å²) < 4.78 is 23.1. The maximum atomic E-state index is 11.6. The Morgan fingerprint density at radius 3 is 2.29 bits per heavy atom. The van der Waals surface area contributed by atoms with Crippen molar-refractivity contribution in [3.8, 4) is 0 Å². The van der Waals surface area contributed by atoms with Crippen LogP contribution in [0.4, 0.5) is 0 Å². The Hall–Kier alpha value is -0.130. The van der Waals surface area contributed by atoms with Crippen LogP contribution >= 0.6 is 0 Å². The molecule has 0 aromatic heterocycles. The lowest BCUT2D eigenvalue weighted by Gasteiger charge is -2.38. The average Bonchev–Trinajstić information content (AvgIpc) is 2.55. The Bertz CT molecular complexity index is 349. The number of nitrogens with zero attached hydrogens (tertiary/aromatic N) is 1. The highest BCUT2D eigenvalue weighted by Crippen LogP contribution is 2.28. The number of rotatable bonds is 3. The molecule has 17 heavy (non-hydrogen) atoms. The SMILES string of the molecule is CCN(C1CCCCC1)C1CS(=O)(=O)CC1O. The van der Waals surface area contributed by atoms with Crippen LogP contribution in [0.25, 0.3) is 0 Å². The van der Waals surface area contributed by atoms with Gasteiger partial charge in [-0.1, -0.05) is 26.2 Å². The fourth-order valence-corrected chi connectivity index (χ4v) is 5.12. The number of hydrogen-bond donors (Lipinski definition) is 1. The molecule has 0 radical (unpaired) electrons. The third-order valence-electron chi connectivity index (χ3n) is 4.13. The first-order chi connectivity index (χ1) is 8.03. The van der Waals surface area contributed by atoms with Gasteiger partial charge in [0, 0.05) is 6.04 Å². The fraction of sp³-hybridized carbons (Fsp3) is 1.00. The van der Waals surface area contributed by atoms with E-state index < -0.39 is 15.9 Å². The van der Waals surface area contributed by atoms with Gasteiger partial charge in [-0.05, 0) is 19.4 Å². The predicted molar refractivity (Wildman–Crippen MR) is 67.7 cm³/mol. The Morgan fingerprint density at radius 2 is 1.82 bits per heavy atom. The molecular weight excluding hydrogens is 238 g/mol. The molecule has 1 aliphatic heterocycles. The van der Waals surface area contributed by atoms with Crippen molar-refractivity contribution < 1.29 is 13.5 Å². The number of aliphatic hydroxyl groups is 1. The minimum Gasteiger partial charge on any atom is -0.390 e. The molecule has 2 unspecified atom stereocenters. The van der Waals surface area contributed by atoms with Crippen LogP contribution in [0.15, 0.2) is 0 Å². The second-order valence-corrected chi connectivity index (χ2v) is 7.49. The molecule has 0 amide bonds. The molecule has 100 valence electrons. The molecular formula is C12H23NO3S. The second-order valence-electron chi connectivity index (χ2n) is 5.33. The van der Waals surface area contributed by atoms with Gasteiger partial charge in [0.2, 0.25) is 0 Å². The molecule has 2 fully saturated rings. The Balaban J connectivity index is 2.07. The molecule has 1 aliphatic carbocycles. The van der Waals surface area contributed by atoms with Crippen LogP contribution < -0.4 is 0 Å². The average molecular weight is 261 g/mol. The van der Waals surface area contributed by atoms with Crippen molar-refractivity contribution in [2.45, 2.75) is 57.2 Å². The molecule has 1 saturated heterocycles. The van der Waals surface area contributed by atoms with Crippen LogP contribution in [0.1, 0.15) is 39.0 Å². The molecule has 2 atom stereocenters. The lowest BCUT2D eigenvalue weighted by molar-refractivity contribution is 0.0447. The molecule has 4 nitrogen and oxygen atoms in total. The number of hydrogen-bond acceptors (Lipinski definition) is 4. The summed E-state index contributed by atoms with van der Waals surface area (Å²) in [5.41, 5.74) is 0. The van der Waals surface area contributed by atoms with Gasteiger partial charge in [-0.2, -0.15) is 0 Å². The molecule has 2 rings (SSSR count).